The number of amides is 1. The van der Waals surface area contributed by atoms with Crippen LogP contribution in [0.5, 0.6) is 5.75 Å². The van der Waals surface area contributed by atoms with Gasteiger partial charge in [0, 0.05) is 22.4 Å². The van der Waals surface area contributed by atoms with Crippen molar-refractivity contribution in [3.05, 3.63) is 95.6 Å². The molecule has 0 atom stereocenters. The highest BCUT2D eigenvalue weighted by molar-refractivity contribution is 6.10. The number of ketones is 1. The summed E-state index contributed by atoms with van der Waals surface area (Å²) in [5.41, 5.74) is 1.60. The van der Waals surface area contributed by atoms with Gasteiger partial charge in [0.1, 0.15) is 5.75 Å². The molecule has 28 heavy (non-hydrogen) atoms. The van der Waals surface area contributed by atoms with Crippen molar-refractivity contribution < 1.29 is 27.5 Å². The van der Waals surface area contributed by atoms with E-state index in [2.05, 4.69) is 10.1 Å². The highest BCUT2D eigenvalue weighted by Crippen LogP contribution is 2.24. The fourth-order valence-corrected chi connectivity index (χ4v) is 2.47. The molecule has 1 N–H and O–H groups in total. The van der Waals surface area contributed by atoms with Crippen LogP contribution in [-0.4, -0.2) is 18.1 Å². The monoisotopic (exact) mass is 385 g/mol. The van der Waals surface area contributed by atoms with Gasteiger partial charge in [-0.2, -0.15) is 0 Å². The van der Waals surface area contributed by atoms with E-state index in [9.17, 15) is 22.8 Å². The fraction of sp³-hybridized carbons (Fsp3) is 0.0476. The van der Waals surface area contributed by atoms with Gasteiger partial charge in [0.05, 0.1) is 0 Å². The van der Waals surface area contributed by atoms with Crippen LogP contribution in [0.2, 0.25) is 0 Å². The zero-order valence-corrected chi connectivity index (χ0v) is 14.4. The molecule has 0 saturated carbocycles. The summed E-state index contributed by atoms with van der Waals surface area (Å²) in [6.07, 6.45) is -4.77. The summed E-state index contributed by atoms with van der Waals surface area (Å²) in [4.78, 5) is 24.6. The molecule has 0 aliphatic heterocycles. The van der Waals surface area contributed by atoms with Crippen LogP contribution >= 0.6 is 0 Å². The number of alkyl halides is 3. The van der Waals surface area contributed by atoms with E-state index >= 15 is 0 Å². The molecule has 0 radical (unpaired) electrons. The lowest BCUT2D eigenvalue weighted by Crippen LogP contribution is -2.17. The van der Waals surface area contributed by atoms with Crippen molar-refractivity contribution in [3.63, 3.8) is 0 Å². The van der Waals surface area contributed by atoms with Gasteiger partial charge in [0.2, 0.25) is 0 Å². The van der Waals surface area contributed by atoms with Crippen LogP contribution in [-0.2, 0) is 0 Å². The van der Waals surface area contributed by atoms with Crippen molar-refractivity contribution in [2.24, 2.45) is 0 Å². The molecule has 4 nitrogen and oxygen atoms in total. The minimum absolute atomic E-state index is 0.159. The zero-order valence-electron chi connectivity index (χ0n) is 14.4. The molecule has 0 aliphatic rings. The first-order valence-electron chi connectivity index (χ1n) is 8.19. The molecular formula is C21H14F3NO3. The molecule has 7 heteroatoms. The predicted octanol–water partition coefficient (Wildman–Crippen LogP) is 5.07. The lowest BCUT2D eigenvalue weighted by molar-refractivity contribution is -0.274. The molecule has 0 saturated heterocycles. The molecule has 0 unspecified atom stereocenters. The second-order valence-electron chi connectivity index (χ2n) is 5.80. The molecule has 0 spiro atoms. The number of hydrogen-bond donors (Lipinski definition) is 1. The molecule has 0 fully saturated rings. The van der Waals surface area contributed by atoms with Gasteiger partial charge in [-0.15, -0.1) is 13.2 Å². The van der Waals surface area contributed by atoms with Crippen molar-refractivity contribution in [2.45, 2.75) is 6.36 Å². The van der Waals surface area contributed by atoms with Gasteiger partial charge in [0.25, 0.3) is 5.91 Å². The normalized spacial score (nSPS) is 11.0. The number of carbonyl (C=O) groups is 2. The quantitative estimate of drug-likeness (QED) is 0.624. The third-order valence-electron chi connectivity index (χ3n) is 3.79. The maximum atomic E-state index is 12.4. The summed E-state index contributed by atoms with van der Waals surface area (Å²) < 4.78 is 40.2. The summed E-state index contributed by atoms with van der Waals surface area (Å²) in [6.45, 7) is 0. The molecule has 0 aromatic heterocycles. The third-order valence-corrected chi connectivity index (χ3v) is 3.79. The Bertz CT molecular complexity index is 967. The minimum Gasteiger partial charge on any atom is -0.406 e. The van der Waals surface area contributed by atoms with Gasteiger partial charge in [-0.1, -0.05) is 42.5 Å². The molecule has 3 rings (SSSR count). The molecule has 0 heterocycles. The van der Waals surface area contributed by atoms with Crippen molar-refractivity contribution >= 4 is 17.4 Å². The van der Waals surface area contributed by atoms with Gasteiger partial charge in [-0.05, 0) is 36.4 Å². The van der Waals surface area contributed by atoms with E-state index in [-0.39, 0.29) is 11.5 Å². The largest absolute Gasteiger partial charge is 0.573 e. The number of halogens is 3. The standard InChI is InChI=1S/C21H14F3NO3/c22-21(23,24)28-18-12-10-17(11-13-18)25-20(27)16-8-6-15(7-9-16)19(26)14-4-2-1-3-5-14/h1-13H,(H,25,27). The number of nitrogens with one attached hydrogen (secondary N) is 1. The van der Waals surface area contributed by atoms with Crippen LogP contribution in [0.25, 0.3) is 0 Å². The van der Waals surface area contributed by atoms with Gasteiger partial charge in [-0.3, -0.25) is 9.59 Å². The van der Waals surface area contributed by atoms with Crippen LogP contribution in [0, 0.1) is 0 Å². The van der Waals surface area contributed by atoms with Crippen LogP contribution in [0.4, 0.5) is 18.9 Å². The number of rotatable bonds is 5. The lowest BCUT2D eigenvalue weighted by atomic mass is 10.0. The van der Waals surface area contributed by atoms with Gasteiger partial charge in [0.15, 0.2) is 5.78 Å². The van der Waals surface area contributed by atoms with E-state index in [0.717, 1.165) is 12.1 Å². The smallest absolute Gasteiger partial charge is 0.406 e. The first-order chi connectivity index (χ1) is 13.3. The van der Waals surface area contributed by atoms with E-state index in [0.29, 0.717) is 22.4 Å². The molecule has 0 bridgehead atoms. The average Bonchev–Trinajstić information content (AvgIpc) is 2.68. The maximum Gasteiger partial charge on any atom is 0.573 e. The summed E-state index contributed by atoms with van der Waals surface area (Å²) >= 11 is 0. The van der Waals surface area contributed by atoms with Crippen molar-refractivity contribution in [1.82, 2.24) is 0 Å². The Kier molecular flexibility index (Phi) is 5.44. The summed E-state index contributed by atoms with van der Waals surface area (Å²) in [7, 11) is 0. The van der Waals surface area contributed by atoms with Gasteiger partial charge < -0.3 is 10.1 Å². The Morgan fingerprint density at radius 1 is 0.714 bits per heavy atom. The number of benzene rings is 3. The highest BCUT2D eigenvalue weighted by Gasteiger charge is 2.30. The Balaban J connectivity index is 1.66. The van der Waals surface area contributed by atoms with E-state index in [1.54, 1.807) is 36.4 Å². The van der Waals surface area contributed by atoms with Crippen molar-refractivity contribution in [2.75, 3.05) is 5.32 Å². The maximum absolute atomic E-state index is 12.4. The predicted molar refractivity (Wildman–Crippen MR) is 97.4 cm³/mol. The molecule has 3 aromatic rings. The second kappa shape index (κ2) is 7.96. The first-order valence-corrected chi connectivity index (χ1v) is 8.19. The molecule has 0 aliphatic carbocycles. The van der Waals surface area contributed by atoms with Crippen molar-refractivity contribution in [3.8, 4) is 5.75 Å². The summed E-state index contributed by atoms with van der Waals surface area (Å²) in [5.74, 6) is -0.995. The third kappa shape index (κ3) is 4.97. The fourth-order valence-electron chi connectivity index (χ4n) is 2.47. The molecular weight excluding hydrogens is 371 g/mol. The summed E-state index contributed by atoms with van der Waals surface area (Å²) in [5, 5.41) is 2.57. The van der Waals surface area contributed by atoms with Gasteiger partial charge >= 0.3 is 6.36 Å². The number of anilines is 1. The second-order valence-corrected chi connectivity index (χ2v) is 5.80. The van der Waals surface area contributed by atoms with E-state index < -0.39 is 12.3 Å². The van der Waals surface area contributed by atoms with E-state index in [4.69, 9.17) is 0 Å². The zero-order chi connectivity index (χ0) is 20.1. The molecule has 3 aromatic carbocycles. The van der Waals surface area contributed by atoms with Crippen LogP contribution in [0.15, 0.2) is 78.9 Å². The van der Waals surface area contributed by atoms with Crippen LogP contribution in [0.3, 0.4) is 0 Å². The minimum atomic E-state index is -4.77. The summed E-state index contributed by atoms with van der Waals surface area (Å²) in [6, 6.07) is 19.7. The van der Waals surface area contributed by atoms with E-state index in [1.165, 1.54) is 24.3 Å². The Morgan fingerprint density at radius 3 is 1.82 bits per heavy atom. The number of ether oxygens (including phenoxy) is 1. The average molecular weight is 385 g/mol. The Hall–Kier alpha value is -3.61. The topological polar surface area (TPSA) is 55.4 Å². The number of carbonyl (C=O) groups excluding carboxylic acids is 2. The first kappa shape index (κ1) is 19.2. The SMILES string of the molecule is O=C(Nc1ccc(OC(F)(F)F)cc1)c1ccc(C(=O)c2ccccc2)cc1. The highest BCUT2D eigenvalue weighted by atomic mass is 19.4. The van der Waals surface area contributed by atoms with Crippen molar-refractivity contribution in [1.29, 1.82) is 0 Å². The molecule has 1 amide bonds. The lowest BCUT2D eigenvalue weighted by Gasteiger charge is -2.10. The molecule has 142 valence electrons. The van der Waals surface area contributed by atoms with Crippen LogP contribution < -0.4 is 10.1 Å². The number of hydrogen-bond acceptors (Lipinski definition) is 3. The van der Waals surface area contributed by atoms with E-state index in [1.807, 2.05) is 6.07 Å². The van der Waals surface area contributed by atoms with Crippen LogP contribution in [0.1, 0.15) is 26.3 Å². The Labute approximate surface area is 158 Å². The van der Waals surface area contributed by atoms with Gasteiger partial charge in [-0.25, -0.2) is 0 Å². The Morgan fingerprint density at radius 2 is 1.25 bits per heavy atom.